The van der Waals surface area contributed by atoms with Crippen LogP contribution < -0.4 is 0 Å². The van der Waals surface area contributed by atoms with Crippen LogP contribution >= 0.6 is 27.6 Å². The second kappa shape index (κ2) is 5.87. The fourth-order valence-corrected chi connectivity index (χ4v) is 4.98. The van der Waals surface area contributed by atoms with Crippen LogP contribution in [-0.4, -0.2) is 10.2 Å². The third kappa shape index (κ3) is 4.24. The van der Waals surface area contributed by atoms with Crippen LogP contribution in [0, 0.1) is 3.57 Å². The summed E-state index contributed by atoms with van der Waals surface area (Å²) in [6.07, 6.45) is 0. The number of hydrogen-bond acceptors (Lipinski definition) is 2. The van der Waals surface area contributed by atoms with Crippen LogP contribution in [0.2, 0.25) is 0 Å². The molecule has 0 saturated carbocycles. The van der Waals surface area contributed by atoms with Crippen molar-refractivity contribution < 1.29 is 22.7 Å². The molecule has 108 valence electrons. The van der Waals surface area contributed by atoms with E-state index in [1.165, 1.54) is 25.1 Å². The summed E-state index contributed by atoms with van der Waals surface area (Å²) in [7, 11) is 5.62. The normalized spacial score (nSPS) is 13.1. The average molecular weight is 409 g/mol. The number of benzene rings is 1. The Morgan fingerprint density at radius 1 is 1.26 bits per heavy atom. The van der Waals surface area contributed by atoms with E-state index in [9.17, 15) is 18.0 Å². The summed E-state index contributed by atoms with van der Waals surface area (Å²) in [5.41, 5.74) is -0.832. The predicted octanol–water partition coefficient (Wildman–Crippen LogP) is 4.83. The van der Waals surface area contributed by atoms with Crippen molar-refractivity contribution >= 4 is 33.6 Å². The van der Waals surface area contributed by atoms with Crippen molar-refractivity contribution in [1.29, 1.82) is 0 Å². The third-order valence-corrected chi connectivity index (χ3v) is 7.44. The first kappa shape index (κ1) is 16.6. The van der Waals surface area contributed by atoms with Gasteiger partial charge < -0.3 is 0 Å². The van der Waals surface area contributed by atoms with E-state index in [2.05, 4.69) is 0 Å². The van der Waals surface area contributed by atoms with Gasteiger partial charge in [-0.1, -0.05) is 0 Å². The quantitative estimate of drug-likeness (QED) is 0.407. The molecule has 1 aromatic carbocycles. The van der Waals surface area contributed by atoms with Crippen molar-refractivity contribution in [3.05, 3.63) is 33.4 Å². The van der Waals surface area contributed by atoms with Crippen LogP contribution in [0.25, 0.3) is 0 Å². The Bertz CT molecular complexity index is 474. The topological polar surface area (TPSA) is 26.3 Å². The molecule has 0 radical (unpaired) electrons. The van der Waals surface area contributed by atoms with E-state index in [1.807, 2.05) is 0 Å². The molecule has 0 heterocycles. The number of esters is 1. The van der Waals surface area contributed by atoms with Gasteiger partial charge in [-0.3, -0.25) is 0 Å². The van der Waals surface area contributed by atoms with Crippen LogP contribution in [-0.2, 0) is 15.1 Å². The van der Waals surface area contributed by atoms with Gasteiger partial charge in [-0.05, 0) is 0 Å². The second-order valence-electron chi connectivity index (χ2n) is 4.25. The van der Waals surface area contributed by atoms with Gasteiger partial charge in [0.1, 0.15) is 0 Å². The van der Waals surface area contributed by atoms with Crippen molar-refractivity contribution in [3.63, 3.8) is 0 Å². The van der Waals surface area contributed by atoms with E-state index >= 15 is 0 Å². The zero-order chi connectivity index (χ0) is 14.8. The van der Waals surface area contributed by atoms with Gasteiger partial charge in [-0.25, -0.2) is 0 Å². The Morgan fingerprint density at radius 3 is 2.26 bits per heavy atom. The van der Waals surface area contributed by atoms with Crippen LogP contribution in [0.15, 0.2) is 24.3 Å². The summed E-state index contributed by atoms with van der Waals surface area (Å²) < 4.78 is 39.1. The molecule has 0 spiro atoms. The first-order valence-corrected chi connectivity index (χ1v) is 10.2. The van der Waals surface area contributed by atoms with Crippen molar-refractivity contribution in [1.82, 2.24) is 0 Å². The Labute approximate surface area is 120 Å². The summed E-state index contributed by atoms with van der Waals surface area (Å²) in [5, 5.41) is 0. The molecule has 0 atom stereocenters. The number of carbonyl (C=O) groups is 1. The van der Waals surface area contributed by atoms with E-state index < -0.39 is 34.4 Å². The van der Waals surface area contributed by atoms with Crippen LogP contribution in [0.1, 0.15) is 26.3 Å². The van der Waals surface area contributed by atoms with E-state index in [-0.39, 0.29) is 3.57 Å². The van der Waals surface area contributed by atoms with Gasteiger partial charge in [0.05, 0.1) is 0 Å². The molecule has 19 heavy (non-hydrogen) atoms. The maximum atomic E-state index is 12.8. The zero-order valence-electron chi connectivity index (χ0n) is 10.5. The fourth-order valence-electron chi connectivity index (χ4n) is 1.62. The van der Waals surface area contributed by atoms with Gasteiger partial charge in [0.25, 0.3) is 0 Å². The summed E-state index contributed by atoms with van der Waals surface area (Å²) >= 11 is -3.85. The predicted molar refractivity (Wildman–Crippen MR) is 75.9 cm³/mol. The fraction of sp³-hybridized carbons (Fsp3) is 0.417. The van der Waals surface area contributed by atoms with Gasteiger partial charge in [0, 0.05) is 0 Å². The first-order chi connectivity index (χ1) is 8.55. The number of ether oxygens (including phenoxy) is 1. The minimum absolute atomic E-state index is 0.0483. The van der Waals surface area contributed by atoms with E-state index in [0.29, 0.717) is 5.56 Å². The molecule has 0 saturated heterocycles. The molecule has 0 aliphatic rings. The third-order valence-electron chi connectivity index (χ3n) is 2.29. The zero-order valence-corrected chi connectivity index (χ0v) is 13.4. The maximum absolute atomic E-state index is 12.8. The van der Waals surface area contributed by atoms with Crippen LogP contribution in [0.4, 0.5) is 13.2 Å². The van der Waals surface area contributed by atoms with Crippen LogP contribution in [0.5, 0.6) is 0 Å². The van der Waals surface area contributed by atoms with Crippen molar-refractivity contribution in [2.24, 2.45) is 0 Å². The molecule has 1 rings (SSSR count). The molecule has 0 amide bonds. The first-order valence-electron chi connectivity index (χ1n) is 5.28. The van der Waals surface area contributed by atoms with Gasteiger partial charge >= 0.3 is 120 Å². The molecular weight excluding hydrogens is 395 g/mol. The standard InChI is InChI=1S/C12H13ClF3IO2/c1-8(18)19-11(2,3)9-6-4-5-7-10(9)17(13)12(14,15)16/h4-7H,1-3H3. The molecular formula is C12H13ClF3IO2. The molecule has 0 aliphatic heterocycles. The van der Waals surface area contributed by atoms with E-state index in [1.54, 1.807) is 19.9 Å². The van der Waals surface area contributed by atoms with Gasteiger partial charge in [-0.15, -0.1) is 0 Å². The molecule has 0 bridgehead atoms. The van der Waals surface area contributed by atoms with Crippen molar-refractivity contribution in [2.75, 3.05) is 0 Å². The molecule has 0 aliphatic carbocycles. The Morgan fingerprint density at radius 2 is 1.79 bits per heavy atom. The average Bonchev–Trinajstić information content (AvgIpc) is 2.25. The van der Waals surface area contributed by atoms with E-state index in [4.69, 9.17) is 13.6 Å². The van der Waals surface area contributed by atoms with Gasteiger partial charge in [0.15, 0.2) is 0 Å². The summed E-state index contributed by atoms with van der Waals surface area (Å²) in [5.74, 6) is -0.554. The Hall–Kier alpha value is -0.500. The molecule has 0 N–H and O–H groups in total. The molecule has 7 heteroatoms. The number of halogens is 5. The number of rotatable bonds is 3. The number of hydrogen-bond donors (Lipinski definition) is 0. The second-order valence-corrected chi connectivity index (χ2v) is 9.91. The molecule has 0 fully saturated rings. The summed E-state index contributed by atoms with van der Waals surface area (Å²) in [6.45, 7) is 4.31. The summed E-state index contributed by atoms with van der Waals surface area (Å²) in [4.78, 5) is 11.0. The molecule has 0 aromatic heterocycles. The molecule has 0 unspecified atom stereocenters. The van der Waals surface area contributed by atoms with Gasteiger partial charge in [0.2, 0.25) is 0 Å². The van der Waals surface area contributed by atoms with Gasteiger partial charge in [-0.2, -0.15) is 0 Å². The SMILES string of the molecule is CC(=O)OC(C)(C)c1ccccc1I(Cl)C(F)(F)F. The van der Waals surface area contributed by atoms with Crippen LogP contribution in [0.3, 0.4) is 0 Å². The van der Waals surface area contributed by atoms with E-state index in [0.717, 1.165) is 0 Å². The van der Waals surface area contributed by atoms with Crippen molar-refractivity contribution in [3.8, 4) is 0 Å². The Kier molecular flexibility index (Phi) is 5.11. The minimum atomic E-state index is -4.41. The number of carbonyl (C=O) groups excluding carboxylic acids is 1. The number of alkyl halides is 4. The monoisotopic (exact) mass is 408 g/mol. The molecule has 2 nitrogen and oxygen atoms in total. The molecule has 1 aromatic rings. The summed E-state index contributed by atoms with van der Waals surface area (Å²) in [6, 6.07) is 5.96. The Balaban J connectivity index is 3.26. The van der Waals surface area contributed by atoms with Crippen molar-refractivity contribution in [2.45, 2.75) is 30.6 Å².